The predicted molar refractivity (Wildman–Crippen MR) is 94.9 cm³/mol. The van der Waals surface area contributed by atoms with Crippen molar-refractivity contribution in [1.29, 1.82) is 0 Å². The maximum Gasteiger partial charge on any atom is 0.573 e. The Kier molecular flexibility index (Phi) is 6.70. The summed E-state index contributed by atoms with van der Waals surface area (Å²) in [6, 6.07) is 5.33. The van der Waals surface area contributed by atoms with Gasteiger partial charge < -0.3 is 15.4 Å². The van der Waals surface area contributed by atoms with E-state index in [1.54, 1.807) is 6.92 Å². The van der Waals surface area contributed by atoms with E-state index in [0.717, 1.165) is 0 Å². The monoisotopic (exact) mass is 406 g/mol. The second-order valence-electron chi connectivity index (χ2n) is 5.49. The second kappa shape index (κ2) is 8.58. The highest BCUT2D eigenvalue weighted by Gasteiger charge is 2.30. The lowest BCUT2D eigenvalue weighted by Gasteiger charge is -2.12. The largest absolute Gasteiger partial charge is 0.573 e. The molecule has 0 aliphatic carbocycles. The van der Waals surface area contributed by atoms with Crippen LogP contribution in [0.15, 0.2) is 28.6 Å². The van der Waals surface area contributed by atoms with Crippen LogP contribution in [-0.4, -0.2) is 33.8 Å². The van der Waals surface area contributed by atoms with Crippen LogP contribution in [0, 0.1) is 0 Å². The van der Waals surface area contributed by atoms with Crippen LogP contribution in [0.2, 0.25) is 0 Å². The molecule has 0 aliphatic rings. The summed E-state index contributed by atoms with van der Waals surface area (Å²) in [5.74, 6) is -0.392. The van der Waals surface area contributed by atoms with Gasteiger partial charge in [0.15, 0.2) is 4.34 Å². The summed E-state index contributed by atoms with van der Waals surface area (Å²) in [6.45, 7) is 5.54. The van der Waals surface area contributed by atoms with Crippen LogP contribution in [-0.2, 0) is 4.79 Å². The molecule has 2 rings (SSSR count). The Morgan fingerprint density at radius 2 is 1.85 bits per heavy atom. The predicted octanol–water partition coefficient (Wildman–Crippen LogP) is 4.19. The maximum absolute atomic E-state index is 12.1. The summed E-state index contributed by atoms with van der Waals surface area (Å²) in [6.07, 6.45) is -4.72. The number of thioether (sulfide) groups is 1. The summed E-state index contributed by atoms with van der Waals surface area (Å²) < 4.78 is 40.8. The van der Waals surface area contributed by atoms with Crippen molar-refractivity contribution in [1.82, 2.24) is 15.5 Å². The number of nitrogens with zero attached hydrogens (tertiary/aromatic N) is 2. The third-order valence-corrected chi connectivity index (χ3v) is 4.85. The normalized spacial score (nSPS) is 12.7. The van der Waals surface area contributed by atoms with Crippen LogP contribution in [0.5, 0.6) is 5.75 Å². The third-order valence-electron chi connectivity index (χ3n) is 2.82. The van der Waals surface area contributed by atoms with Crippen LogP contribution in [0.4, 0.5) is 24.0 Å². The molecule has 1 heterocycles. The Hall–Kier alpha value is -2.01. The number of halogens is 3. The molecule has 1 aromatic heterocycles. The van der Waals surface area contributed by atoms with E-state index in [4.69, 9.17) is 0 Å². The van der Waals surface area contributed by atoms with Crippen molar-refractivity contribution >= 4 is 39.8 Å². The van der Waals surface area contributed by atoms with Gasteiger partial charge in [0.05, 0.1) is 5.25 Å². The smallest absolute Gasteiger partial charge is 0.406 e. The quantitative estimate of drug-likeness (QED) is 0.672. The van der Waals surface area contributed by atoms with Gasteiger partial charge in [0.1, 0.15) is 5.75 Å². The van der Waals surface area contributed by atoms with Crippen molar-refractivity contribution in [3.63, 3.8) is 0 Å². The standard InChI is InChI=1S/C15H17F3N4O2S2/c1-8(2)19-12(23)9(3)25-14-22-21-13(26-14)20-10-4-6-11(7-5-10)24-15(16,17)18/h4-9H,1-3H3,(H,19,23)(H,20,21). The molecule has 0 aliphatic heterocycles. The maximum atomic E-state index is 12.1. The number of carbonyl (C=O) groups is 1. The van der Waals surface area contributed by atoms with Crippen molar-refractivity contribution < 1.29 is 22.7 Å². The Morgan fingerprint density at radius 3 is 2.42 bits per heavy atom. The highest BCUT2D eigenvalue weighted by molar-refractivity contribution is 8.02. The molecule has 26 heavy (non-hydrogen) atoms. The molecule has 0 spiro atoms. The number of nitrogens with one attached hydrogen (secondary N) is 2. The topological polar surface area (TPSA) is 76.1 Å². The van der Waals surface area contributed by atoms with Gasteiger partial charge in [0.25, 0.3) is 0 Å². The van der Waals surface area contributed by atoms with E-state index >= 15 is 0 Å². The van der Waals surface area contributed by atoms with Gasteiger partial charge >= 0.3 is 6.36 Å². The first-order chi connectivity index (χ1) is 12.1. The van der Waals surface area contributed by atoms with E-state index in [2.05, 4.69) is 25.6 Å². The number of aromatic nitrogens is 2. The molecule has 6 nitrogen and oxygen atoms in total. The zero-order chi connectivity index (χ0) is 19.3. The zero-order valence-electron chi connectivity index (χ0n) is 14.1. The van der Waals surface area contributed by atoms with Crippen LogP contribution in [0.3, 0.4) is 0 Å². The van der Waals surface area contributed by atoms with Crippen LogP contribution >= 0.6 is 23.1 Å². The van der Waals surface area contributed by atoms with Gasteiger partial charge in [-0.05, 0) is 45.0 Å². The van der Waals surface area contributed by atoms with Crippen LogP contribution < -0.4 is 15.4 Å². The van der Waals surface area contributed by atoms with Crippen molar-refractivity contribution in [2.24, 2.45) is 0 Å². The Balaban J connectivity index is 1.92. The van der Waals surface area contributed by atoms with E-state index in [0.29, 0.717) is 15.2 Å². The Morgan fingerprint density at radius 1 is 1.19 bits per heavy atom. The molecule has 142 valence electrons. The first kappa shape index (κ1) is 20.3. The number of carbonyl (C=O) groups excluding carboxylic acids is 1. The minimum absolute atomic E-state index is 0.0569. The lowest BCUT2D eigenvalue weighted by atomic mass is 10.3. The van der Waals surface area contributed by atoms with Crippen LogP contribution in [0.25, 0.3) is 0 Å². The van der Waals surface area contributed by atoms with Gasteiger partial charge in [0.2, 0.25) is 11.0 Å². The SMILES string of the molecule is CC(C)NC(=O)C(C)Sc1nnc(Nc2ccc(OC(F)(F)F)cc2)s1. The fourth-order valence-electron chi connectivity index (χ4n) is 1.78. The minimum atomic E-state index is -4.72. The fourth-order valence-corrected chi connectivity index (χ4v) is 3.70. The molecular weight excluding hydrogens is 389 g/mol. The summed E-state index contributed by atoms with van der Waals surface area (Å²) in [7, 11) is 0. The molecule has 11 heteroatoms. The first-order valence-electron chi connectivity index (χ1n) is 7.56. The molecule has 0 bridgehead atoms. The molecule has 1 atom stereocenters. The molecule has 0 radical (unpaired) electrons. The fraction of sp³-hybridized carbons (Fsp3) is 0.400. The van der Waals surface area contributed by atoms with Gasteiger partial charge in [-0.25, -0.2) is 0 Å². The lowest BCUT2D eigenvalue weighted by molar-refractivity contribution is -0.274. The molecule has 1 amide bonds. The van der Waals surface area contributed by atoms with E-state index in [9.17, 15) is 18.0 Å². The number of hydrogen-bond donors (Lipinski definition) is 2. The molecule has 0 saturated carbocycles. The zero-order valence-corrected chi connectivity index (χ0v) is 15.8. The van der Waals surface area contributed by atoms with E-state index in [1.165, 1.54) is 47.4 Å². The summed E-state index contributed by atoms with van der Waals surface area (Å²) in [5.41, 5.74) is 0.540. The Bertz CT molecular complexity index is 735. The average molecular weight is 406 g/mol. The highest BCUT2D eigenvalue weighted by Crippen LogP contribution is 2.31. The molecule has 0 fully saturated rings. The molecule has 0 saturated heterocycles. The number of hydrogen-bond acceptors (Lipinski definition) is 7. The number of benzene rings is 1. The van der Waals surface area contributed by atoms with Crippen LogP contribution in [0.1, 0.15) is 20.8 Å². The van der Waals surface area contributed by atoms with Crippen molar-refractivity contribution in [3.05, 3.63) is 24.3 Å². The average Bonchev–Trinajstić information content (AvgIpc) is 2.94. The molecule has 2 N–H and O–H groups in total. The number of alkyl halides is 3. The van der Waals surface area contributed by atoms with E-state index in [-0.39, 0.29) is 22.9 Å². The molecular formula is C15H17F3N4O2S2. The second-order valence-corrected chi connectivity index (χ2v) is 8.06. The molecule has 1 unspecified atom stereocenters. The minimum Gasteiger partial charge on any atom is -0.406 e. The first-order valence-corrected chi connectivity index (χ1v) is 9.25. The number of ether oxygens (including phenoxy) is 1. The number of anilines is 2. The number of rotatable bonds is 7. The Labute approximate surface area is 156 Å². The van der Waals surface area contributed by atoms with Crippen molar-refractivity contribution in [2.45, 2.75) is 42.8 Å². The van der Waals surface area contributed by atoms with Gasteiger partial charge in [-0.3, -0.25) is 4.79 Å². The number of amides is 1. The summed E-state index contributed by atoms with van der Waals surface area (Å²) >= 11 is 2.53. The third kappa shape index (κ3) is 6.71. The van der Waals surface area contributed by atoms with Gasteiger partial charge in [0, 0.05) is 11.7 Å². The lowest BCUT2D eigenvalue weighted by Crippen LogP contribution is -2.35. The van der Waals surface area contributed by atoms with Gasteiger partial charge in [-0.15, -0.1) is 23.4 Å². The summed E-state index contributed by atoms with van der Waals surface area (Å²) in [5, 5.41) is 13.9. The highest BCUT2D eigenvalue weighted by atomic mass is 32.2. The van der Waals surface area contributed by atoms with Gasteiger partial charge in [-0.2, -0.15) is 0 Å². The molecule has 2 aromatic rings. The summed E-state index contributed by atoms with van der Waals surface area (Å²) in [4.78, 5) is 11.9. The van der Waals surface area contributed by atoms with Crippen molar-refractivity contribution in [3.8, 4) is 5.75 Å². The van der Waals surface area contributed by atoms with Crippen molar-refractivity contribution in [2.75, 3.05) is 5.32 Å². The van der Waals surface area contributed by atoms with E-state index < -0.39 is 6.36 Å². The van der Waals surface area contributed by atoms with Gasteiger partial charge in [-0.1, -0.05) is 23.1 Å². The van der Waals surface area contributed by atoms with E-state index in [1.807, 2.05) is 13.8 Å². The molecule has 1 aromatic carbocycles.